The van der Waals surface area contributed by atoms with Crippen LogP contribution < -0.4 is 0 Å². The maximum atomic E-state index is 11.3. The molecule has 8 saturated heterocycles. The van der Waals surface area contributed by atoms with Crippen LogP contribution in [0.4, 0.5) is 0 Å². The van der Waals surface area contributed by atoms with Crippen molar-refractivity contribution in [1.29, 1.82) is 0 Å². The van der Waals surface area contributed by atoms with E-state index in [4.69, 9.17) is 142 Å². The van der Waals surface area contributed by atoms with E-state index in [0.29, 0.717) is 52.9 Å². The van der Waals surface area contributed by atoms with Gasteiger partial charge in [-0.3, -0.25) is 0 Å². The first-order chi connectivity index (χ1) is 47.2. The summed E-state index contributed by atoms with van der Waals surface area (Å²) in [5.41, 5.74) is 0. The third-order valence-corrected chi connectivity index (χ3v) is 16.6. The molecule has 586 valence electrons. The van der Waals surface area contributed by atoms with E-state index in [0.717, 1.165) is 0 Å². The van der Waals surface area contributed by atoms with E-state index in [-0.39, 0.29) is 188 Å². The lowest BCUT2D eigenvalue weighted by atomic mass is 10.3. The van der Waals surface area contributed by atoms with Crippen molar-refractivity contribution in [3.05, 3.63) is 0 Å². The Balaban J connectivity index is 0.991. The van der Waals surface area contributed by atoms with Crippen LogP contribution in [-0.2, 0) is 142 Å². The summed E-state index contributed by atoms with van der Waals surface area (Å²) in [6.07, 6.45) is -7.45. The highest BCUT2D eigenvalue weighted by Gasteiger charge is 2.40. The van der Waals surface area contributed by atoms with Gasteiger partial charge in [-0.2, -0.15) is 0 Å². The largest absolute Gasteiger partial charge is 0.394 e. The summed E-state index contributed by atoms with van der Waals surface area (Å²) in [6, 6.07) is 0. The molecule has 100 heavy (non-hydrogen) atoms. The number of hydrogen-bond donors (Lipinski definition) is 1. The van der Waals surface area contributed by atoms with Gasteiger partial charge in [0.15, 0.2) is 46.3 Å². The zero-order chi connectivity index (χ0) is 72.1. The van der Waals surface area contributed by atoms with Crippen LogP contribution in [0.2, 0.25) is 0 Å². The van der Waals surface area contributed by atoms with Crippen molar-refractivity contribution >= 4 is 0 Å². The van der Waals surface area contributed by atoms with Gasteiger partial charge in [-0.25, -0.2) is 0 Å². The molecule has 8 fully saturated rings. The molecule has 0 spiro atoms. The Labute approximate surface area is 592 Å². The highest BCUT2D eigenvalue weighted by Crippen LogP contribution is 2.29. The van der Waals surface area contributed by atoms with Gasteiger partial charge >= 0.3 is 0 Å². The molecule has 8 aliphatic rings. The highest BCUT2D eigenvalue weighted by molar-refractivity contribution is 4.79. The Morgan fingerprint density at radius 3 is 0.530 bits per heavy atom. The van der Waals surface area contributed by atoms with Gasteiger partial charge in [-0.15, -0.1) is 0 Å². The molecular weight excluding hydrogens is 1320 g/mol. The van der Waals surface area contributed by atoms with Crippen molar-refractivity contribution < 1.29 is 147 Å². The molecule has 0 aromatic heterocycles. The van der Waals surface area contributed by atoms with Crippen LogP contribution in [0.3, 0.4) is 0 Å². The second kappa shape index (κ2) is 39.7. The Kier molecular flexibility index (Phi) is 33.5. The van der Waals surface area contributed by atoms with Crippen LogP contribution in [0.25, 0.3) is 0 Å². The van der Waals surface area contributed by atoms with Gasteiger partial charge in [0, 0.05) is 0 Å². The Hall–Kier alpha value is -1.24. The molecule has 0 radical (unpaired) electrons. The molecular formula is C69H124O31. The van der Waals surface area contributed by atoms with Crippen molar-refractivity contribution in [3.8, 4) is 0 Å². The van der Waals surface area contributed by atoms with Crippen LogP contribution >= 0.6 is 0 Å². The average molecular weight is 1450 g/mol. The molecule has 0 aliphatic carbocycles. The first-order valence-electron chi connectivity index (χ1n) is 35.7. The SMILES string of the molecule is CC1(C)OCC(COCC(COCC2COC(C)(C)O2)OCC(COC(COCC2COC(C)(C)O2)COCC2COC(C)(C)O2)OCC(CO)OC(COC(COCC2COC(C)(C)O2)COCC2COC(C)(C)O2)COC(COCC2COC(C)(C)O2)COCC2COC(C)(C)O2)O1. The highest BCUT2D eigenvalue weighted by atomic mass is 16.8. The average Bonchev–Trinajstić information content (AvgIpc) is 1.73. The standard InChI is InChI=1S/C69H124O31/c1-62(2)84-39-54(93-62)26-71-18-48(19-72-27-55-40-85-63(3,4)94-55)80-35-52(36-81-49(20-73-28-56-41-86-64(5,6)95-56)21-74-29-57-42-87-65(7,8)96-57)79-34-47(17-70)92-53(37-82-50(22-75-30-58-43-88-66(9,10)97-58)23-76-31-59-44-89-67(11,12)98-59)38-83-51(24-77-32-60-45-90-68(13,14)99-60)25-78-33-61-46-91-69(15,16)100-61/h47-61,70H,17-46H2,1-16H3. The fourth-order valence-electron chi connectivity index (χ4n) is 11.9. The van der Waals surface area contributed by atoms with E-state index < -0.39 is 95.6 Å². The van der Waals surface area contributed by atoms with E-state index in [9.17, 15) is 5.11 Å². The van der Waals surface area contributed by atoms with Crippen LogP contribution in [0.5, 0.6) is 0 Å². The molecule has 1 N–H and O–H groups in total. The summed E-state index contributed by atoms with van der Waals surface area (Å²) in [5.74, 6) is -5.91. The first kappa shape index (κ1) is 84.4. The molecule has 0 aromatic rings. The van der Waals surface area contributed by atoms with Gasteiger partial charge in [0.05, 0.1) is 198 Å². The smallest absolute Gasteiger partial charge is 0.163 e. The molecule has 8 heterocycles. The Bertz CT molecular complexity index is 2010. The van der Waals surface area contributed by atoms with Gasteiger partial charge in [-0.1, -0.05) is 0 Å². The number of aliphatic hydroxyl groups excluding tert-OH is 1. The molecule has 9 unspecified atom stereocenters. The lowest BCUT2D eigenvalue weighted by Gasteiger charge is -2.30. The lowest BCUT2D eigenvalue weighted by Crippen LogP contribution is -2.41. The van der Waals surface area contributed by atoms with E-state index >= 15 is 0 Å². The number of rotatable bonds is 50. The van der Waals surface area contributed by atoms with Gasteiger partial charge < -0.3 is 147 Å². The lowest BCUT2D eigenvalue weighted by molar-refractivity contribution is -0.181. The summed E-state index contributed by atoms with van der Waals surface area (Å²) in [7, 11) is 0. The molecule has 31 nitrogen and oxygen atoms in total. The summed E-state index contributed by atoms with van der Waals surface area (Å²) in [5, 5.41) is 11.3. The van der Waals surface area contributed by atoms with E-state index in [1.807, 2.05) is 111 Å². The monoisotopic (exact) mass is 1450 g/mol. The van der Waals surface area contributed by atoms with Crippen LogP contribution in [0.15, 0.2) is 0 Å². The summed E-state index contributed by atoms with van der Waals surface area (Å²) in [6.45, 7) is 34.9. The van der Waals surface area contributed by atoms with Gasteiger partial charge in [0.1, 0.15) is 91.6 Å². The van der Waals surface area contributed by atoms with E-state index in [1.54, 1.807) is 0 Å². The van der Waals surface area contributed by atoms with E-state index in [2.05, 4.69) is 0 Å². The van der Waals surface area contributed by atoms with Gasteiger partial charge in [-0.05, 0) is 111 Å². The summed E-state index contributed by atoms with van der Waals surface area (Å²) in [4.78, 5) is 0. The summed E-state index contributed by atoms with van der Waals surface area (Å²) >= 11 is 0. The van der Waals surface area contributed by atoms with Crippen LogP contribution in [0.1, 0.15) is 111 Å². The molecule has 0 bridgehead atoms. The zero-order valence-corrected chi connectivity index (χ0v) is 62.6. The maximum absolute atomic E-state index is 11.3. The Morgan fingerprint density at radius 1 is 0.230 bits per heavy atom. The van der Waals surface area contributed by atoms with Crippen LogP contribution in [-0.4, -0.2) is 341 Å². The molecule has 31 heteroatoms. The quantitative estimate of drug-likeness (QED) is 0.0900. The number of aliphatic hydroxyl groups is 1. The fraction of sp³-hybridized carbons (Fsp3) is 1.00. The Morgan fingerprint density at radius 2 is 0.380 bits per heavy atom. The van der Waals surface area contributed by atoms with Gasteiger partial charge in [0.25, 0.3) is 0 Å². The third-order valence-electron chi connectivity index (χ3n) is 16.6. The minimum absolute atomic E-state index is 0.0319. The predicted molar refractivity (Wildman–Crippen MR) is 350 cm³/mol. The molecule has 0 amide bonds. The molecule has 9 atom stereocenters. The van der Waals surface area contributed by atoms with Crippen LogP contribution in [0, 0.1) is 0 Å². The minimum atomic E-state index is -0.968. The summed E-state index contributed by atoms with van der Waals surface area (Å²) < 4.78 is 185. The number of ether oxygens (including phenoxy) is 30. The van der Waals surface area contributed by atoms with Crippen molar-refractivity contribution in [1.82, 2.24) is 0 Å². The van der Waals surface area contributed by atoms with Crippen molar-refractivity contribution in [2.75, 3.05) is 198 Å². The molecule has 8 aliphatic heterocycles. The van der Waals surface area contributed by atoms with Crippen molar-refractivity contribution in [2.45, 2.75) is 249 Å². The predicted octanol–water partition coefficient (Wildman–Crippen LogP) is 4.00. The fourth-order valence-corrected chi connectivity index (χ4v) is 11.9. The van der Waals surface area contributed by atoms with Gasteiger partial charge in [0.2, 0.25) is 0 Å². The molecule has 8 rings (SSSR count). The molecule has 0 saturated carbocycles. The third kappa shape index (κ3) is 32.3. The maximum Gasteiger partial charge on any atom is 0.163 e. The van der Waals surface area contributed by atoms with E-state index in [1.165, 1.54) is 0 Å². The van der Waals surface area contributed by atoms with Crippen molar-refractivity contribution in [3.63, 3.8) is 0 Å². The second-order valence-electron chi connectivity index (χ2n) is 30.2. The first-order valence-corrected chi connectivity index (χ1v) is 35.7. The topological polar surface area (TPSA) is 297 Å². The normalized spacial score (nSPS) is 30.7. The minimum Gasteiger partial charge on any atom is -0.394 e. The number of hydrogen-bond acceptors (Lipinski definition) is 31. The zero-order valence-electron chi connectivity index (χ0n) is 62.6. The van der Waals surface area contributed by atoms with Crippen molar-refractivity contribution in [2.24, 2.45) is 0 Å². The second-order valence-corrected chi connectivity index (χ2v) is 30.2. The molecule has 0 aromatic carbocycles.